The molecule has 0 saturated heterocycles. The van der Waals surface area contributed by atoms with Gasteiger partial charge in [0.05, 0.1) is 21.8 Å². The number of sulfonamides is 1. The van der Waals surface area contributed by atoms with Crippen molar-refractivity contribution in [3.05, 3.63) is 59.7 Å². The van der Waals surface area contributed by atoms with Crippen LogP contribution < -0.4 is 16.3 Å². The van der Waals surface area contributed by atoms with E-state index in [0.717, 1.165) is 17.5 Å². The van der Waals surface area contributed by atoms with Crippen LogP contribution in [0.25, 0.3) is 0 Å². The van der Waals surface area contributed by atoms with E-state index in [-0.39, 0.29) is 10.6 Å². The Hall–Kier alpha value is -3.04. The number of fused-ring (bicyclic) bond motifs is 1. The first kappa shape index (κ1) is 19.7. The van der Waals surface area contributed by atoms with Crippen molar-refractivity contribution in [1.82, 2.24) is 0 Å². The summed E-state index contributed by atoms with van der Waals surface area (Å²) in [5, 5.41) is 9.28. The van der Waals surface area contributed by atoms with Crippen LogP contribution in [0.4, 0.5) is 5.69 Å². The van der Waals surface area contributed by atoms with E-state index in [4.69, 9.17) is 10.9 Å². The first-order valence-electron chi connectivity index (χ1n) is 8.52. The second kappa shape index (κ2) is 7.17. The molecular formula is C19H21N5O3S. The van der Waals surface area contributed by atoms with Crippen molar-refractivity contribution < 1.29 is 13.2 Å². The van der Waals surface area contributed by atoms with E-state index in [0.29, 0.717) is 11.4 Å². The van der Waals surface area contributed by atoms with Gasteiger partial charge in [-0.2, -0.15) is 5.10 Å². The van der Waals surface area contributed by atoms with Crippen molar-refractivity contribution in [3.63, 3.8) is 0 Å². The summed E-state index contributed by atoms with van der Waals surface area (Å²) >= 11 is 0. The molecule has 0 aromatic heterocycles. The average molecular weight is 399 g/mol. The van der Waals surface area contributed by atoms with Crippen LogP contribution in [0.2, 0.25) is 0 Å². The van der Waals surface area contributed by atoms with Crippen molar-refractivity contribution in [1.29, 1.82) is 0 Å². The number of primary amides is 1. The SMILES string of the molecule is CC1(C)Cc2ccccc2C(/C(=N/Nc2cccc(S(N)(=O)=O)c2)C(N)=O)=N1. The van der Waals surface area contributed by atoms with Gasteiger partial charge in [-0.1, -0.05) is 30.3 Å². The number of nitrogens with two attached hydrogens (primary N) is 2. The van der Waals surface area contributed by atoms with Crippen LogP contribution in [-0.2, 0) is 21.2 Å². The quantitative estimate of drug-likeness (QED) is 0.516. The lowest BCUT2D eigenvalue weighted by Crippen LogP contribution is -2.38. The molecule has 1 aliphatic rings. The Kier molecular flexibility index (Phi) is 5.05. The minimum atomic E-state index is -3.86. The van der Waals surface area contributed by atoms with Crippen LogP contribution in [-0.4, -0.2) is 31.3 Å². The van der Waals surface area contributed by atoms with Crippen LogP contribution >= 0.6 is 0 Å². The van der Waals surface area contributed by atoms with E-state index in [1.54, 1.807) is 6.07 Å². The fraction of sp³-hybridized carbons (Fsp3) is 0.211. The summed E-state index contributed by atoms with van der Waals surface area (Å²) in [7, 11) is -3.86. The smallest absolute Gasteiger partial charge is 0.271 e. The van der Waals surface area contributed by atoms with Gasteiger partial charge in [0.25, 0.3) is 5.91 Å². The van der Waals surface area contributed by atoms with Gasteiger partial charge in [-0.3, -0.25) is 15.2 Å². The van der Waals surface area contributed by atoms with Crippen molar-refractivity contribution in [2.24, 2.45) is 21.0 Å². The molecule has 0 bridgehead atoms. The normalized spacial score (nSPS) is 16.1. The van der Waals surface area contributed by atoms with E-state index in [9.17, 15) is 13.2 Å². The third-order valence-electron chi connectivity index (χ3n) is 4.23. The molecular weight excluding hydrogens is 378 g/mol. The van der Waals surface area contributed by atoms with Crippen LogP contribution in [0.3, 0.4) is 0 Å². The third kappa shape index (κ3) is 4.26. The van der Waals surface area contributed by atoms with Gasteiger partial charge in [-0.05, 0) is 44.0 Å². The summed E-state index contributed by atoms with van der Waals surface area (Å²) in [6.07, 6.45) is 0.725. The van der Waals surface area contributed by atoms with Crippen molar-refractivity contribution in [2.75, 3.05) is 5.43 Å². The molecule has 2 aromatic rings. The molecule has 28 heavy (non-hydrogen) atoms. The number of nitrogens with zero attached hydrogens (tertiary/aromatic N) is 2. The summed E-state index contributed by atoms with van der Waals surface area (Å²) in [5.74, 6) is -0.749. The first-order valence-corrected chi connectivity index (χ1v) is 10.1. The number of nitrogens with one attached hydrogen (secondary N) is 1. The summed E-state index contributed by atoms with van der Waals surface area (Å²) in [6, 6.07) is 13.4. The summed E-state index contributed by atoms with van der Waals surface area (Å²) < 4.78 is 23.0. The molecule has 0 spiro atoms. The maximum Gasteiger partial charge on any atom is 0.271 e. The van der Waals surface area contributed by atoms with Crippen LogP contribution in [0, 0.1) is 0 Å². The predicted molar refractivity (Wildman–Crippen MR) is 109 cm³/mol. The molecule has 2 aromatic carbocycles. The van der Waals surface area contributed by atoms with E-state index in [1.165, 1.54) is 18.2 Å². The standard InChI is InChI=1S/C19H21N5O3S/c1-19(2)11-12-6-3-4-9-15(12)16(22-19)17(18(20)25)24-23-13-7-5-8-14(10-13)28(21,26)27/h3-10,23H,11H2,1-2H3,(H2,20,25)(H2,21,26,27)/b24-17-. The molecule has 0 atom stereocenters. The largest absolute Gasteiger partial charge is 0.364 e. The Labute approximate surface area is 163 Å². The lowest BCUT2D eigenvalue weighted by molar-refractivity contribution is -0.111. The van der Waals surface area contributed by atoms with Gasteiger partial charge < -0.3 is 5.73 Å². The monoisotopic (exact) mass is 399 g/mol. The zero-order valence-corrected chi connectivity index (χ0v) is 16.3. The zero-order chi connectivity index (χ0) is 20.5. The van der Waals surface area contributed by atoms with Crippen molar-refractivity contribution in [2.45, 2.75) is 30.7 Å². The number of aliphatic imine (C=N–C) groups is 1. The number of hydrazone groups is 1. The van der Waals surface area contributed by atoms with Crippen molar-refractivity contribution >= 4 is 33.0 Å². The Morgan fingerprint density at radius 1 is 1.18 bits per heavy atom. The highest BCUT2D eigenvalue weighted by molar-refractivity contribution is 7.89. The van der Waals surface area contributed by atoms with Gasteiger partial charge in [0, 0.05) is 5.56 Å². The first-order chi connectivity index (χ1) is 13.1. The molecule has 0 aliphatic carbocycles. The Bertz CT molecular complexity index is 1100. The molecule has 1 aliphatic heterocycles. The predicted octanol–water partition coefficient (Wildman–Crippen LogP) is 1.41. The van der Waals surface area contributed by atoms with Crippen molar-refractivity contribution in [3.8, 4) is 0 Å². The Morgan fingerprint density at radius 3 is 2.57 bits per heavy atom. The molecule has 0 saturated carbocycles. The molecule has 146 valence electrons. The maximum atomic E-state index is 12.1. The summed E-state index contributed by atoms with van der Waals surface area (Å²) in [5.41, 5.74) is 10.4. The second-order valence-corrected chi connectivity index (χ2v) is 8.68. The van der Waals surface area contributed by atoms with Crippen LogP contribution in [0.1, 0.15) is 25.0 Å². The zero-order valence-electron chi connectivity index (χ0n) is 15.5. The molecule has 0 unspecified atom stereocenters. The van der Waals surface area contributed by atoms with E-state index in [1.807, 2.05) is 38.1 Å². The second-order valence-electron chi connectivity index (χ2n) is 7.12. The van der Waals surface area contributed by atoms with Gasteiger partial charge in [0.1, 0.15) is 0 Å². The van der Waals surface area contributed by atoms with Gasteiger partial charge in [-0.15, -0.1) is 0 Å². The van der Waals surface area contributed by atoms with Gasteiger partial charge in [-0.25, -0.2) is 13.6 Å². The average Bonchev–Trinajstić information content (AvgIpc) is 2.60. The third-order valence-corrected chi connectivity index (χ3v) is 5.14. The molecule has 5 N–H and O–H groups in total. The fourth-order valence-corrected chi connectivity index (χ4v) is 3.60. The molecule has 0 fully saturated rings. The number of carbonyl (C=O) groups is 1. The Balaban J connectivity index is 2.03. The fourth-order valence-electron chi connectivity index (χ4n) is 3.04. The lowest BCUT2D eigenvalue weighted by atomic mass is 9.85. The van der Waals surface area contributed by atoms with E-state index < -0.39 is 21.5 Å². The highest BCUT2D eigenvalue weighted by Crippen LogP contribution is 2.27. The van der Waals surface area contributed by atoms with Crippen LogP contribution in [0.15, 0.2) is 63.5 Å². The molecule has 8 nitrogen and oxygen atoms in total. The highest BCUT2D eigenvalue weighted by Gasteiger charge is 2.30. The minimum absolute atomic E-state index is 0.0405. The Morgan fingerprint density at radius 2 is 1.89 bits per heavy atom. The molecule has 0 radical (unpaired) electrons. The molecule has 9 heteroatoms. The number of benzene rings is 2. The topological polar surface area (TPSA) is 140 Å². The number of hydrogen-bond acceptors (Lipinski definition) is 6. The molecule has 1 amide bonds. The summed E-state index contributed by atoms with van der Waals surface area (Å²) in [6.45, 7) is 3.93. The van der Waals surface area contributed by atoms with Gasteiger partial charge in [0.2, 0.25) is 10.0 Å². The molecule has 3 rings (SSSR count). The summed E-state index contributed by atoms with van der Waals surface area (Å²) in [4.78, 5) is 16.7. The maximum absolute atomic E-state index is 12.1. The number of carbonyl (C=O) groups excluding carboxylic acids is 1. The lowest BCUT2D eigenvalue weighted by Gasteiger charge is -2.28. The number of rotatable bonds is 5. The number of hydrogen-bond donors (Lipinski definition) is 3. The van der Waals surface area contributed by atoms with E-state index >= 15 is 0 Å². The van der Waals surface area contributed by atoms with Gasteiger partial charge in [0.15, 0.2) is 5.71 Å². The van der Waals surface area contributed by atoms with Crippen LogP contribution in [0.5, 0.6) is 0 Å². The van der Waals surface area contributed by atoms with E-state index in [2.05, 4.69) is 15.5 Å². The minimum Gasteiger partial charge on any atom is -0.364 e. The number of amides is 1. The highest BCUT2D eigenvalue weighted by atomic mass is 32.2. The number of anilines is 1. The molecule has 1 heterocycles. The number of primary sulfonamides is 1. The van der Waals surface area contributed by atoms with Gasteiger partial charge >= 0.3 is 0 Å².